The highest BCUT2D eigenvalue weighted by molar-refractivity contribution is 5.77. The molecule has 20 heavy (non-hydrogen) atoms. The number of nitrogens with zero attached hydrogens (tertiary/aromatic N) is 3. The fourth-order valence-corrected chi connectivity index (χ4v) is 1.79. The van der Waals surface area contributed by atoms with Crippen LogP contribution in [0.25, 0.3) is 0 Å². The van der Waals surface area contributed by atoms with Gasteiger partial charge in [0.2, 0.25) is 5.91 Å². The summed E-state index contributed by atoms with van der Waals surface area (Å²) in [6, 6.07) is 9.66. The maximum absolute atomic E-state index is 11.1. The molecule has 0 radical (unpaired) electrons. The Kier molecular flexibility index (Phi) is 6.67. The van der Waals surface area contributed by atoms with Crippen LogP contribution in [-0.4, -0.2) is 49.4 Å². The minimum absolute atomic E-state index is 0.192. The predicted octanol–water partition coefficient (Wildman–Crippen LogP) is -0.0882. The van der Waals surface area contributed by atoms with E-state index in [1.54, 1.807) is 0 Å². The van der Waals surface area contributed by atoms with Crippen molar-refractivity contribution in [2.24, 2.45) is 5.84 Å². The van der Waals surface area contributed by atoms with Gasteiger partial charge in [-0.15, -0.1) is 0 Å². The third-order valence-corrected chi connectivity index (χ3v) is 2.97. The van der Waals surface area contributed by atoms with E-state index in [1.807, 2.05) is 43.3 Å². The van der Waals surface area contributed by atoms with E-state index in [2.05, 4.69) is 16.4 Å². The summed E-state index contributed by atoms with van der Waals surface area (Å²) in [5, 5.41) is 8.74. The number of rotatable bonds is 7. The van der Waals surface area contributed by atoms with Crippen molar-refractivity contribution in [1.82, 2.24) is 15.2 Å². The summed E-state index contributed by atoms with van der Waals surface area (Å²) in [7, 11) is 3.90. The molecule has 0 atom stereocenters. The van der Waals surface area contributed by atoms with Crippen molar-refractivity contribution in [3.05, 3.63) is 35.4 Å². The van der Waals surface area contributed by atoms with Crippen molar-refractivity contribution in [3.8, 4) is 6.07 Å². The summed E-state index contributed by atoms with van der Waals surface area (Å²) in [5.41, 5.74) is 3.94. The van der Waals surface area contributed by atoms with Crippen LogP contribution < -0.4 is 11.3 Å². The lowest BCUT2D eigenvalue weighted by Crippen LogP contribution is -2.41. The van der Waals surface area contributed by atoms with Gasteiger partial charge in [0.1, 0.15) is 0 Å². The smallest absolute Gasteiger partial charge is 0.248 e. The highest BCUT2D eigenvalue weighted by atomic mass is 16.2. The summed E-state index contributed by atoms with van der Waals surface area (Å²) in [4.78, 5) is 15.2. The van der Waals surface area contributed by atoms with Crippen LogP contribution in [-0.2, 0) is 11.3 Å². The van der Waals surface area contributed by atoms with E-state index < -0.39 is 0 Å². The Hall–Kier alpha value is -1.94. The first-order valence-corrected chi connectivity index (χ1v) is 6.40. The molecule has 0 saturated heterocycles. The zero-order valence-electron chi connectivity index (χ0n) is 12.0. The number of hydrogen-bond donors (Lipinski definition) is 2. The normalized spacial score (nSPS) is 10.6. The van der Waals surface area contributed by atoms with Gasteiger partial charge in [-0.3, -0.25) is 15.1 Å². The fraction of sp³-hybridized carbons (Fsp3) is 0.429. The molecule has 0 saturated carbocycles. The van der Waals surface area contributed by atoms with Crippen LogP contribution in [0, 0.1) is 11.3 Å². The number of carbonyl (C=O) groups is 1. The summed E-state index contributed by atoms with van der Waals surface area (Å²) < 4.78 is 0. The average molecular weight is 275 g/mol. The minimum Gasteiger partial charge on any atom is -0.301 e. The van der Waals surface area contributed by atoms with Crippen LogP contribution in [0.15, 0.2) is 24.3 Å². The molecule has 108 valence electrons. The van der Waals surface area contributed by atoms with Crippen molar-refractivity contribution in [1.29, 1.82) is 5.26 Å². The second-order valence-corrected chi connectivity index (χ2v) is 4.85. The summed E-state index contributed by atoms with van der Waals surface area (Å²) in [6.07, 6.45) is 0. The molecular weight excluding hydrogens is 254 g/mol. The van der Waals surface area contributed by atoms with Gasteiger partial charge in [0.05, 0.1) is 18.2 Å². The van der Waals surface area contributed by atoms with Crippen LogP contribution in [0.4, 0.5) is 0 Å². The maximum atomic E-state index is 11.1. The zero-order valence-corrected chi connectivity index (χ0v) is 12.0. The van der Waals surface area contributed by atoms with E-state index in [1.165, 1.54) is 0 Å². The lowest BCUT2D eigenvalue weighted by molar-refractivity contribution is -0.122. The van der Waals surface area contributed by atoms with Crippen molar-refractivity contribution < 1.29 is 4.79 Å². The fourth-order valence-electron chi connectivity index (χ4n) is 1.79. The molecule has 0 aliphatic heterocycles. The second kappa shape index (κ2) is 8.27. The molecule has 1 rings (SSSR count). The standard InChI is InChI=1S/C14H21N5O/c1-18(7-8-19(2)11-14(20)17-16)10-13-5-3-12(9-15)4-6-13/h3-6H,7-8,10-11,16H2,1-2H3,(H,17,20). The number of nitrogens with one attached hydrogen (secondary N) is 1. The molecular formula is C14H21N5O. The van der Waals surface area contributed by atoms with E-state index in [9.17, 15) is 4.79 Å². The van der Waals surface area contributed by atoms with Gasteiger partial charge in [-0.25, -0.2) is 5.84 Å². The number of hydrogen-bond acceptors (Lipinski definition) is 5. The van der Waals surface area contributed by atoms with Gasteiger partial charge in [-0.05, 0) is 31.8 Å². The molecule has 0 bridgehead atoms. The zero-order chi connectivity index (χ0) is 15.0. The minimum atomic E-state index is -0.192. The molecule has 0 heterocycles. The third-order valence-electron chi connectivity index (χ3n) is 2.97. The third kappa shape index (κ3) is 5.80. The Morgan fingerprint density at radius 3 is 2.40 bits per heavy atom. The molecule has 6 nitrogen and oxygen atoms in total. The summed E-state index contributed by atoms with van der Waals surface area (Å²) in [5.74, 6) is 4.85. The number of benzene rings is 1. The number of likely N-dealkylation sites (N-methyl/N-ethyl adjacent to an activating group) is 2. The molecule has 0 fully saturated rings. The monoisotopic (exact) mass is 275 g/mol. The van der Waals surface area contributed by atoms with E-state index in [0.717, 1.165) is 25.2 Å². The molecule has 0 spiro atoms. The highest BCUT2D eigenvalue weighted by Crippen LogP contribution is 2.05. The first-order chi connectivity index (χ1) is 9.55. The van der Waals surface area contributed by atoms with Crippen LogP contribution in [0.3, 0.4) is 0 Å². The van der Waals surface area contributed by atoms with E-state index in [0.29, 0.717) is 12.1 Å². The Morgan fingerprint density at radius 1 is 1.25 bits per heavy atom. The van der Waals surface area contributed by atoms with Crippen molar-refractivity contribution in [2.75, 3.05) is 33.7 Å². The number of nitriles is 1. The second-order valence-electron chi connectivity index (χ2n) is 4.85. The Morgan fingerprint density at radius 2 is 1.85 bits per heavy atom. The summed E-state index contributed by atoms with van der Waals surface area (Å²) >= 11 is 0. The first-order valence-electron chi connectivity index (χ1n) is 6.40. The van der Waals surface area contributed by atoms with Crippen LogP contribution in [0.5, 0.6) is 0 Å². The molecule has 1 aromatic rings. The quantitative estimate of drug-likeness (QED) is 0.413. The number of hydrazine groups is 1. The van der Waals surface area contributed by atoms with Gasteiger partial charge in [0.25, 0.3) is 0 Å². The van der Waals surface area contributed by atoms with Gasteiger partial charge in [-0.2, -0.15) is 5.26 Å². The average Bonchev–Trinajstić information content (AvgIpc) is 2.45. The van der Waals surface area contributed by atoms with Crippen LogP contribution in [0.1, 0.15) is 11.1 Å². The van der Waals surface area contributed by atoms with Gasteiger partial charge in [0, 0.05) is 19.6 Å². The lowest BCUT2D eigenvalue weighted by Gasteiger charge is -2.21. The molecule has 0 aromatic heterocycles. The van der Waals surface area contributed by atoms with Crippen LogP contribution in [0.2, 0.25) is 0 Å². The predicted molar refractivity (Wildman–Crippen MR) is 77.3 cm³/mol. The molecule has 1 amide bonds. The maximum Gasteiger partial charge on any atom is 0.248 e. The molecule has 0 aliphatic carbocycles. The van der Waals surface area contributed by atoms with Crippen molar-refractivity contribution >= 4 is 5.91 Å². The van der Waals surface area contributed by atoms with Gasteiger partial charge < -0.3 is 4.90 Å². The van der Waals surface area contributed by atoms with Gasteiger partial charge in [-0.1, -0.05) is 12.1 Å². The van der Waals surface area contributed by atoms with Crippen molar-refractivity contribution in [3.63, 3.8) is 0 Å². The SMILES string of the molecule is CN(CCN(C)Cc1ccc(C#N)cc1)CC(=O)NN. The van der Waals surface area contributed by atoms with Crippen molar-refractivity contribution in [2.45, 2.75) is 6.54 Å². The number of amides is 1. The molecule has 1 aromatic carbocycles. The summed E-state index contributed by atoms with van der Waals surface area (Å²) in [6.45, 7) is 2.72. The Balaban J connectivity index is 2.34. The Labute approximate surface area is 119 Å². The van der Waals surface area contributed by atoms with E-state index in [4.69, 9.17) is 11.1 Å². The number of carbonyl (C=O) groups excluding carboxylic acids is 1. The topological polar surface area (TPSA) is 85.4 Å². The molecule has 6 heteroatoms. The van der Waals surface area contributed by atoms with Crippen LogP contribution >= 0.6 is 0 Å². The van der Waals surface area contributed by atoms with Gasteiger partial charge >= 0.3 is 0 Å². The Bertz CT molecular complexity index is 465. The van der Waals surface area contributed by atoms with E-state index >= 15 is 0 Å². The molecule has 0 aliphatic rings. The highest BCUT2D eigenvalue weighted by Gasteiger charge is 2.06. The number of nitrogens with two attached hydrogens (primary N) is 1. The lowest BCUT2D eigenvalue weighted by atomic mass is 10.1. The molecule has 0 unspecified atom stereocenters. The van der Waals surface area contributed by atoms with E-state index in [-0.39, 0.29) is 5.91 Å². The molecule has 3 N–H and O–H groups in total. The van der Waals surface area contributed by atoms with Gasteiger partial charge in [0.15, 0.2) is 0 Å². The first kappa shape index (κ1) is 16.1. The largest absolute Gasteiger partial charge is 0.301 e.